The molecule has 0 bridgehead atoms. The standard InChI is InChI=1S/C15H20BrN3/c1-2-7-19-8-5-14(6-9-19)18-15-4-3-13(16)10-12(15)11-17/h3-4,10,14,18H,2,5-9H2,1H3. The van der Waals surface area contributed by atoms with Gasteiger partial charge in [0.05, 0.1) is 11.3 Å². The van der Waals surface area contributed by atoms with Crippen molar-refractivity contribution in [3.63, 3.8) is 0 Å². The summed E-state index contributed by atoms with van der Waals surface area (Å²) in [7, 11) is 0. The number of rotatable bonds is 4. The summed E-state index contributed by atoms with van der Waals surface area (Å²) >= 11 is 3.40. The molecule has 0 spiro atoms. The molecule has 1 heterocycles. The summed E-state index contributed by atoms with van der Waals surface area (Å²) in [5, 5.41) is 12.7. The third kappa shape index (κ3) is 3.95. The predicted molar refractivity (Wildman–Crippen MR) is 82.2 cm³/mol. The molecule has 1 aromatic rings. The third-order valence-corrected chi connectivity index (χ3v) is 4.08. The number of benzene rings is 1. The molecule has 1 aromatic carbocycles. The molecule has 19 heavy (non-hydrogen) atoms. The minimum absolute atomic E-state index is 0.487. The summed E-state index contributed by atoms with van der Waals surface area (Å²) in [5.74, 6) is 0. The number of piperidine rings is 1. The van der Waals surface area contributed by atoms with Crippen molar-refractivity contribution < 1.29 is 0 Å². The zero-order valence-corrected chi connectivity index (χ0v) is 12.9. The van der Waals surface area contributed by atoms with Crippen LogP contribution in [0.2, 0.25) is 0 Å². The van der Waals surface area contributed by atoms with Crippen LogP contribution in [0.4, 0.5) is 5.69 Å². The van der Waals surface area contributed by atoms with E-state index in [4.69, 9.17) is 5.26 Å². The largest absolute Gasteiger partial charge is 0.381 e. The predicted octanol–water partition coefficient (Wildman–Crippen LogP) is 3.61. The summed E-state index contributed by atoms with van der Waals surface area (Å²) in [4.78, 5) is 2.52. The SMILES string of the molecule is CCCN1CCC(Nc2ccc(Br)cc2C#N)CC1. The van der Waals surface area contributed by atoms with E-state index in [1.165, 1.54) is 13.0 Å². The van der Waals surface area contributed by atoms with E-state index in [1.807, 2.05) is 18.2 Å². The maximum atomic E-state index is 9.17. The van der Waals surface area contributed by atoms with Crippen LogP contribution in [0.15, 0.2) is 22.7 Å². The van der Waals surface area contributed by atoms with Crippen LogP contribution in [0, 0.1) is 11.3 Å². The Morgan fingerprint density at radius 3 is 2.79 bits per heavy atom. The fraction of sp³-hybridized carbons (Fsp3) is 0.533. The molecule has 0 aromatic heterocycles. The zero-order valence-electron chi connectivity index (χ0n) is 11.3. The summed E-state index contributed by atoms with van der Waals surface area (Å²) < 4.78 is 0.951. The molecule has 2 rings (SSSR count). The Morgan fingerprint density at radius 2 is 2.16 bits per heavy atom. The molecule has 1 N–H and O–H groups in total. The lowest BCUT2D eigenvalue weighted by molar-refractivity contribution is 0.219. The first-order valence-electron chi connectivity index (χ1n) is 6.91. The maximum absolute atomic E-state index is 9.17. The lowest BCUT2D eigenvalue weighted by Gasteiger charge is -2.32. The van der Waals surface area contributed by atoms with Crippen LogP contribution in [0.25, 0.3) is 0 Å². The van der Waals surface area contributed by atoms with Gasteiger partial charge in [-0.05, 0) is 44.0 Å². The molecule has 0 unspecified atom stereocenters. The van der Waals surface area contributed by atoms with Crippen LogP contribution in [0.5, 0.6) is 0 Å². The molecule has 3 nitrogen and oxygen atoms in total. The van der Waals surface area contributed by atoms with Crippen molar-refractivity contribution in [1.82, 2.24) is 4.90 Å². The number of hydrogen-bond donors (Lipinski definition) is 1. The van der Waals surface area contributed by atoms with E-state index in [9.17, 15) is 0 Å². The Hall–Kier alpha value is -1.05. The minimum Gasteiger partial charge on any atom is -0.381 e. The minimum atomic E-state index is 0.487. The van der Waals surface area contributed by atoms with Crippen LogP contribution in [0.3, 0.4) is 0 Å². The van der Waals surface area contributed by atoms with Crippen molar-refractivity contribution in [2.24, 2.45) is 0 Å². The van der Waals surface area contributed by atoms with Gasteiger partial charge in [-0.3, -0.25) is 0 Å². The Morgan fingerprint density at radius 1 is 1.42 bits per heavy atom. The van der Waals surface area contributed by atoms with Crippen LogP contribution in [-0.2, 0) is 0 Å². The van der Waals surface area contributed by atoms with Crippen LogP contribution in [-0.4, -0.2) is 30.6 Å². The highest BCUT2D eigenvalue weighted by Crippen LogP contribution is 2.23. The fourth-order valence-electron chi connectivity index (χ4n) is 2.57. The van der Waals surface area contributed by atoms with E-state index in [-0.39, 0.29) is 0 Å². The second-order valence-electron chi connectivity index (χ2n) is 5.06. The number of anilines is 1. The molecule has 1 saturated heterocycles. The fourth-order valence-corrected chi connectivity index (χ4v) is 2.93. The van der Waals surface area contributed by atoms with Crippen LogP contribution < -0.4 is 5.32 Å². The topological polar surface area (TPSA) is 39.1 Å². The maximum Gasteiger partial charge on any atom is 0.101 e. The smallest absolute Gasteiger partial charge is 0.101 e. The number of halogens is 1. The van der Waals surface area contributed by atoms with Gasteiger partial charge in [0.25, 0.3) is 0 Å². The van der Waals surface area contributed by atoms with Gasteiger partial charge in [-0.1, -0.05) is 22.9 Å². The second-order valence-corrected chi connectivity index (χ2v) is 5.98. The first-order valence-corrected chi connectivity index (χ1v) is 7.70. The average Bonchev–Trinajstić information content (AvgIpc) is 2.43. The monoisotopic (exact) mass is 321 g/mol. The van der Waals surface area contributed by atoms with Gasteiger partial charge < -0.3 is 10.2 Å². The third-order valence-electron chi connectivity index (χ3n) is 3.59. The molecular formula is C15H20BrN3. The average molecular weight is 322 g/mol. The van der Waals surface area contributed by atoms with Crippen LogP contribution >= 0.6 is 15.9 Å². The molecule has 1 fully saturated rings. The summed E-state index contributed by atoms with van der Waals surface area (Å²) in [6.45, 7) is 5.74. The van der Waals surface area contributed by atoms with Crippen molar-refractivity contribution in [3.8, 4) is 6.07 Å². The van der Waals surface area contributed by atoms with Gasteiger partial charge >= 0.3 is 0 Å². The van der Waals surface area contributed by atoms with Gasteiger partial charge in [0.15, 0.2) is 0 Å². The molecule has 1 aliphatic heterocycles. The number of hydrogen-bond acceptors (Lipinski definition) is 3. The highest BCUT2D eigenvalue weighted by Gasteiger charge is 2.19. The summed E-state index contributed by atoms with van der Waals surface area (Å²) in [6.07, 6.45) is 3.53. The Labute approximate surface area is 123 Å². The van der Waals surface area contributed by atoms with Crippen molar-refractivity contribution in [3.05, 3.63) is 28.2 Å². The van der Waals surface area contributed by atoms with E-state index < -0.39 is 0 Å². The molecule has 0 aliphatic carbocycles. The van der Waals surface area contributed by atoms with Gasteiger partial charge in [0.2, 0.25) is 0 Å². The quantitative estimate of drug-likeness (QED) is 0.920. The lowest BCUT2D eigenvalue weighted by Crippen LogP contribution is -2.39. The Balaban J connectivity index is 1.94. The van der Waals surface area contributed by atoms with Gasteiger partial charge in [0.1, 0.15) is 6.07 Å². The zero-order chi connectivity index (χ0) is 13.7. The van der Waals surface area contributed by atoms with Gasteiger partial charge in [-0.15, -0.1) is 0 Å². The molecular weight excluding hydrogens is 302 g/mol. The highest BCUT2D eigenvalue weighted by atomic mass is 79.9. The molecule has 1 aliphatic rings. The van der Waals surface area contributed by atoms with E-state index >= 15 is 0 Å². The van der Waals surface area contributed by atoms with Crippen LogP contribution in [0.1, 0.15) is 31.7 Å². The Bertz CT molecular complexity index is 459. The molecule has 0 atom stereocenters. The molecule has 0 radical (unpaired) electrons. The van der Waals surface area contributed by atoms with Crippen molar-refractivity contribution in [2.45, 2.75) is 32.2 Å². The first-order chi connectivity index (χ1) is 9.22. The van der Waals surface area contributed by atoms with E-state index in [0.717, 1.165) is 36.1 Å². The molecule has 0 saturated carbocycles. The molecule has 102 valence electrons. The van der Waals surface area contributed by atoms with Crippen molar-refractivity contribution in [2.75, 3.05) is 25.0 Å². The first kappa shape index (κ1) is 14.4. The highest BCUT2D eigenvalue weighted by molar-refractivity contribution is 9.10. The van der Waals surface area contributed by atoms with E-state index in [0.29, 0.717) is 11.6 Å². The number of nitrogens with one attached hydrogen (secondary N) is 1. The van der Waals surface area contributed by atoms with Gasteiger partial charge in [-0.25, -0.2) is 0 Å². The van der Waals surface area contributed by atoms with Crippen molar-refractivity contribution >= 4 is 21.6 Å². The van der Waals surface area contributed by atoms with E-state index in [1.54, 1.807) is 0 Å². The molecule has 0 amide bonds. The van der Waals surface area contributed by atoms with Crippen molar-refractivity contribution in [1.29, 1.82) is 5.26 Å². The van der Waals surface area contributed by atoms with Gasteiger partial charge in [-0.2, -0.15) is 5.26 Å². The summed E-state index contributed by atoms with van der Waals surface area (Å²) in [5.41, 5.74) is 1.67. The number of nitrogens with zero attached hydrogens (tertiary/aromatic N) is 2. The normalized spacial score (nSPS) is 17.1. The summed E-state index contributed by atoms with van der Waals surface area (Å²) in [6, 6.07) is 8.58. The number of likely N-dealkylation sites (tertiary alicyclic amines) is 1. The lowest BCUT2D eigenvalue weighted by atomic mass is 10.0. The Kier molecular flexibility index (Phi) is 5.24. The molecule has 4 heteroatoms. The second kappa shape index (κ2) is 6.93. The van der Waals surface area contributed by atoms with Gasteiger partial charge in [0, 0.05) is 23.6 Å². The number of nitriles is 1. The van der Waals surface area contributed by atoms with E-state index in [2.05, 4.69) is 39.1 Å².